The van der Waals surface area contributed by atoms with Crippen LogP contribution in [0.25, 0.3) is 22.2 Å². The van der Waals surface area contributed by atoms with Gasteiger partial charge in [-0.05, 0) is 43.7 Å². The van der Waals surface area contributed by atoms with Crippen LogP contribution in [0.2, 0.25) is 0 Å². The van der Waals surface area contributed by atoms with Crippen LogP contribution in [0.15, 0.2) is 40.9 Å². The summed E-state index contributed by atoms with van der Waals surface area (Å²) in [5.41, 5.74) is 3.64. The molecule has 7 nitrogen and oxygen atoms in total. The Labute approximate surface area is 172 Å². The number of carbonyl (C=O) groups excluding carboxylic acids is 1. The van der Waals surface area contributed by atoms with Crippen molar-refractivity contribution in [1.82, 2.24) is 25.0 Å². The summed E-state index contributed by atoms with van der Waals surface area (Å²) in [6.45, 7) is 5.53. The molecule has 4 rings (SSSR count). The van der Waals surface area contributed by atoms with E-state index in [0.29, 0.717) is 17.3 Å². The van der Waals surface area contributed by atoms with Crippen LogP contribution in [0.1, 0.15) is 47.8 Å². The normalized spacial score (nSPS) is 12.3. The number of hydrogen-bond donors (Lipinski definition) is 1. The van der Waals surface area contributed by atoms with Crippen molar-refractivity contribution in [2.24, 2.45) is 7.05 Å². The molecular formula is C22H22FN5O2. The van der Waals surface area contributed by atoms with Crippen molar-refractivity contribution in [3.63, 3.8) is 0 Å². The molecule has 1 amide bonds. The lowest BCUT2D eigenvalue weighted by molar-refractivity contribution is 0.0932. The van der Waals surface area contributed by atoms with E-state index < -0.39 is 6.04 Å². The molecule has 0 aliphatic heterocycles. The fourth-order valence-electron chi connectivity index (χ4n) is 3.46. The summed E-state index contributed by atoms with van der Waals surface area (Å²) in [5.74, 6) is 1.16. The highest BCUT2D eigenvalue weighted by molar-refractivity contribution is 6.02. The SMILES string of the molecule is CCc1nc2c(-c3ccc(F)cc3)cc(C(=O)N[C@H](C)c3nc(C)no3)cc2n1C. The number of benzene rings is 2. The summed E-state index contributed by atoms with van der Waals surface area (Å²) < 4.78 is 20.6. The Morgan fingerprint density at radius 1 is 1.23 bits per heavy atom. The van der Waals surface area contributed by atoms with Crippen molar-refractivity contribution in [3.8, 4) is 11.1 Å². The molecule has 1 N–H and O–H groups in total. The minimum Gasteiger partial charge on any atom is -0.341 e. The second kappa shape index (κ2) is 7.70. The summed E-state index contributed by atoms with van der Waals surface area (Å²) >= 11 is 0. The molecule has 1 atom stereocenters. The summed E-state index contributed by atoms with van der Waals surface area (Å²) in [7, 11) is 1.92. The molecule has 2 heterocycles. The van der Waals surface area contributed by atoms with Crippen LogP contribution in [0.5, 0.6) is 0 Å². The van der Waals surface area contributed by atoms with Crippen molar-refractivity contribution in [3.05, 3.63) is 65.3 Å². The average Bonchev–Trinajstić information content (AvgIpc) is 3.31. The molecule has 0 aliphatic rings. The predicted octanol–water partition coefficient (Wildman–Crippen LogP) is 4.12. The van der Waals surface area contributed by atoms with E-state index in [0.717, 1.165) is 34.4 Å². The summed E-state index contributed by atoms with van der Waals surface area (Å²) in [6, 6.07) is 9.33. The van der Waals surface area contributed by atoms with E-state index in [-0.39, 0.29) is 11.7 Å². The zero-order valence-corrected chi connectivity index (χ0v) is 17.2. The van der Waals surface area contributed by atoms with Gasteiger partial charge in [0.25, 0.3) is 5.91 Å². The monoisotopic (exact) mass is 407 g/mol. The molecule has 4 aromatic rings. The third kappa shape index (κ3) is 3.56. The number of rotatable bonds is 5. The molecule has 0 fully saturated rings. The second-order valence-corrected chi connectivity index (χ2v) is 7.21. The lowest BCUT2D eigenvalue weighted by Gasteiger charge is -2.12. The number of imidazole rings is 1. The van der Waals surface area contributed by atoms with E-state index in [2.05, 4.69) is 15.5 Å². The van der Waals surface area contributed by atoms with Gasteiger partial charge in [-0.2, -0.15) is 4.98 Å². The van der Waals surface area contributed by atoms with Crippen molar-refractivity contribution in [2.75, 3.05) is 0 Å². The molecule has 154 valence electrons. The van der Waals surface area contributed by atoms with Crippen LogP contribution in [0.3, 0.4) is 0 Å². The van der Waals surface area contributed by atoms with E-state index in [4.69, 9.17) is 9.51 Å². The molecule has 0 bridgehead atoms. The Morgan fingerprint density at radius 3 is 2.60 bits per heavy atom. The minimum atomic E-state index is -0.443. The summed E-state index contributed by atoms with van der Waals surface area (Å²) in [4.78, 5) is 21.9. The maximum absolute atomic E-state index is 13.4. The molecule has 0 unspecified atom stereocenters. The van der Waals surface area contributed by atoms with E-state index in [1.165, 1.54) is 12.1 Å². The number of aromatic nitrogens is 4. The predicted molar refractivity (Wildman–Crippen MR) is 110 cm³/mol. The van der Waals surface area contributed by atoms with Crippen LogP contribution >= 0.6 is 0 Å². The zero-order valence-electron chi connectivity index (χ0n) is 17.2. The van der Waals surface area contributed by atoms with E-state index in [9.17, 15) is 9.18 Å². The molecule has 0 saturated carbocycles. The largest absolute Gasteiger partial charge is 0.341 e. The van der Waals surface area contributed by atoms with Gasteiger partial charge in [-0.1, -0.05) is 24.2 Å². The van der Waals surface area contributed by atoms with Gasteiger partial charge in [-0.15, -0.1) is 0 Å². The number of amides is 1. The Balaban J connectivity index is 1.78. The van der Waals surface area contributed by atoms with Crippen LogP contribution < -0.4 is 5.32 Å². The van der Waals surface area contributed by atoms with Gasteiger partial charge in [0.15, 0.2) is 5.82 Å². The second-order valence-electron chi connectivity index (χ2n) is 7.21. The Morgan fingerprint density at radius 2 is 1.97 bits per heavy atom. The lowest BCUT2D eigenvalue weighted by Crippen LogP contribution is -2.27. The highest BCUT2D eigenvalue weighted by Crippen LogP contribution is 2.31. The fraction of sp³-hybridized carbons (Fsp3) is 0.273. The number of halogens is 1. The van der Waals surface area contributed by atoms with Crippen molar-refractivity contribution < 1.29 is 13.7 Å². The van der Waals surface area contributed by atoms with Gasteiger partial charge >= 0.3 is 0 Å². The molecule has 2 aromatic carbocycles. The lowest BCUT2D eigenvalue weighted by atomic mass is 10.0. The van der Waals surface area contributed by atoms with Gasteiger partial charge in [0.2, 0.25) is 5.89 Å². The number of aryl methyl sites for hydroxylation is 3. The average molecular weight is 407 g/mol. The van der Waals surface area contributed by atoms with Crippen LogP contribution in [0.4, 0.5) is 4.39 Å². The number of carbonyl (C=O) groups is 1. The molecule has 2 aromatic heterocycles. The van der Waals surface area contributed by atoms with Crippen molar-refractivity contribution in [2.45, 2.75) is 33.2 Å². The number of hydrogen-bond acceptors (Lipinski definition) is 5. The molecule has 30 heavy (non-hydrogen) atoms. The first kappa shape index (κ1) is 19.8. The third-order valence-electron chi connectivity index (χ3n) is 5.07. The van der Waals surface area contributed by atoms with E-state index in [1.807, 2.05) is 24.6 Å². The van der Waals surface area contributed by atoms with Gasteiger partial charge in [0.05, 0.1) is 11.0 Å². The molecule has 0 spiro atoms. The number of nitrogens with zero attached hydrogens (tertiary/aromatic N) is 4. The minimum absolute atomic E-state index is 0.275. The van der Waals surface area contributed by atoms with Crippen molar-refractivity contribution in [1.29, 1.82) is 0 Å². The summed E-state index contributed by atoms with van der Waals surface area (Å²) in [5, 5.41) is 6.66. The first-order valence-electron chi connectivity index (χ1n) is 9.73. The highest BCUT2D eigenvalue weighted by Gasteiger charge is 2.20. The fourth-order valence-corrected chi connectivity index (χ4v) is 3.46. The number of fused-ring (bicyclic) bond motifs is 1. The topological polar surface area (TPSA) is 85.8 Å². The molecular weight excluding hydrogens is 385 g/mol. The van der Waals surface area contributed by atoms with Gasteiger partial charge in [0.1, 0.15) is 17.7 Å². The molecule has 0 saturated heterocycles. The molecule has 8 heteroatoms. The quantitative estimate of drug-likeness (QED) is 0.538. The van der Waals surface area contributed by atoms with Crippen LogP contribution in [-0.2, 0) is 13.5 Å². The summed E-state index contributed by atoms with van der Waals surface area (Å²) in [6.07, 6.45) is 0.753. The smallest absolute Gasteiger partial charge is 0.252 e. The number of nitrogens with one attached hydrogen (secondary N) is 1. The highest BCUT2D eigenvalue weighted by atomic mass is 19.1. The Hall–Kier alpha value is -3.55. The Kier molecular flexibility index (Phi) is 5.07. The van der Waals surface area contributed by atoms with Gasteiger partial charge in [0, 0.05) is 24.6 Å². The zero-order chi connectivity index (χ0) is 21.4. The van der Waals surface area contributed by atoms with Gasteiger partial charge in [-0.25, -0.2) is 9.37 Å². The maximum Gasteiger partial charge on any atom is 0.252 e. The first-order valence-corrected chi connectivity index (χ1v) is 9.73. The third-order valence-corrected chi connectivity index (χ3v) is 5.07. The maximum atomic E-state index is 13.4. The molecule has 0 radical (unpaired) electrons. The van der Waals surface area contributed by atoms with Gasteiger partial charge in [-0.3, -0.25) is 4.79 Å². The van der Waals surface area contributed by atoms with E-state index in [1.54, 1.807) is 32.0 Å². The van der Waals surface area contributed by atoms with Crippen molar-refractivity contribution >= 4 is 16.9 Å². The molecule has 0 aliphatic carbocycles. The Bertz CT molecular complexity index is 1230. The van der Waals surface area contributed by atoms with Crippen LogP contribution in [0, 0.1) is 12.7 Å². The first-order chi connectivity index (χ1) is 14.4. The van der Waals surface area contributed by atoms with Crippen LogP contribution in [-0.4, -0.2) is 25.6 Å². The van der Waals surface area contributed by atoms with E-state index >= 15 is 0 Å². The van der Waals surface area contributed by atoms with Gasteiger partial charge < -0.3 is 14.4 Å². The standard InChI is InChI=1S/C22H22FN5O2/c1-5-19-26-20-17(14-6-8-16(23)9-7-14)10-15(11-18(20)28(19)4)21(29)24-12(2)22-25-13(3)27-30-22/h6-12H,5H2,1-4H3,(H,24,29)/t12-/m1/s1.